The summed E-state index contributed by atoms with van der Waals surface area (Å²) in [6, 6.07) is 0.379. The van der Waals surface area contributed by atoms with Gasteiger partial charge in [0.2, 0.25) is 0 Å². The maximum Gasteiger partial charge on any atom is 0.169 e. The molecule has 3 rings (SSSR count). The van der Waals surface area contributed by atoms with E-state index in [-0.39, 0.29) is 25.4 Å². The molecule has 1 saturated heterocycles. The Hall–Kier alpha value is -1.24. The first-order valence-electron chi connectivity index (χ1n) is 25.9. The van der Waals surface area contributed by atoms with Gasteiger partial charge in [0.15, 0.2) is 5.79 Å². The molecule has 5 heteroatoms. The van der Waals surface area contributed by atoms with Crippen LogP contribution in [0.5, 0.6) is 0 Å². The molecular weight excluding hydrogens is 727 g/mol. The molecule has 0 radical (unpaired) electrons. The Morgan fingerprint density at radius 1 is 0.508 bits per heavy atom. The van der Waals surface area contributed by atoms with Crippen molar-refractivity contribution >= 4 is 0 Å². The maximum atomic E-state index is 9.70. The summed E-state index contributed by atoms with van der Waals surface area (Å²) < 4.78 is 14.0. The summed E-state index contributed by atoms with van der Waals surface area (Å²) in [6.45, 7) is 5.66. The predicted molar refractivity (Wildman–Crippen MR) is 254 cm³/mol. The average Bonchev–Trinajstić information content (AvgIpc) is 3.60. The third-order valence-corrected chi connectivity index (χ3v) is 14.3. The molecule has 342 valence electrons. The van der Waals surface area contributed by atoms with Crippen LogP contribution in [0.3, 0.4) is 0 Å². The topological polar surface area (TPSA) is 62.2 Å². The summed E-state index contributed by atoms with van der Waals surface area (Å²) in [5.74, 6) is 0.0813. The Labute approximate surface area is 366 Å². The van der Waals surface area contributed by atoms with Gasteiger partial charge in [-0.1, -0.05) is 152 Å². The number of allylic oxidation sites excluding steroid dienone is 8. The van der Waals surface area contributed by atoms with E-state index < -0.39 is 5.79 Å². The summed E-state index contributed by atoms with van der Waals surface area (Å²) in [7, 11) is 2.15. The molecule has 3 aliphatic rings. The summed E-state index contributed by atoms with van der Waals surface area (Å²) in [5.41, 5.74) is 0.448. The highest BCUT2D eigenvalue weighted by molar-refractivity contribution is 5.00. The van der Waals surface area contributed by atoms with Gasteiger partial charge in [0.05, 0.1) is 18.8 Å². The van der Waals surface area contributed by atoms with Crippen molar-refractivity contribution < 1.29 is 19.7 Å². The van der Waals surface area contributed by atoms with Gasteiger partial charge >= 0.3 is 0 Å². The third kappa shape index (κ3) is 22.1. The van der Waals surface area contributed by atoms with Crippen molar-refractivity contribution in [3.63, 3.8) is 0 Å². The lowest BCUT2D eigenvalue weighted by atomic mass is 9.66. The zero-order valence-electron chi connectivity index (χ0n) is 39.2. The van der Waals surface area contributed by atoms with Crippen molar-refractivity contribution in [3.05, 3.63) is 48.6 Å². The van der Waals surface area contributed by atoms with E-state index in [9.17, 15) is 10.2 Å². The van der Waals surface area contributed by atoms with Gasteiger partial charge in [-0.3, -0.25) is 0 Å². The first kappa shape index (κ1) is 52.1. The van der Waals surface area contributed by atoms with Crippen LogP contribution in [-0.2, 0) is 9.47 Å². The number of likely N-dealkylation sites (N-methyl/N-ethyl adjacent to an activating group) is 1. The minimum absolute atomic E-state index is 0.152. The molecule has 4 atom stereocenters. The van der Waals surface area contributed by atoms with Crippen LogP contribution >= 0.6 is 0 Å². The number of aliphatic hydroxyl groups excluding tert-OH is 2. The molecule has 5 nitrogen and oxygen atoms in total. The lowest BCUT2D eigenvalue weighted by molar-refractivity contribution is -0.208. The van der Waals surface area contributed by atoms with Crippen LogP contribution in [0.4, 0.5) is 0 Å². The van der Waals surface area contributed by atoms with Crippen LogP contribution < -0.4 is 0 Å². The van der Waals surface area contributed by atoms with Gasteiger partial charge in [0.25, 0.3) is 0 Å². The number of aliphatic hydroxyl groups is 2. The molecule has 0 aromatic rings. The minimum atomic E-state index is -0.399. The predicted octanol–water partition coefficient (Wildman–Crippen LogP) is 14.9. The lowest BCUT2D eigenvalue weighted by Crippen LogP contribution is -2.48. The molecule has 0 unspecified atom stereocenters. The smallest absolute Gasteiger partial charge is 0.169 e. The fourth-order valence-corrected chi connectivity index (χ4v) is 10.5. The fourth-order valence-electron chi connectivity index (χ4n) is 10.5. The van der Waals surface area contributed by atoms with Crippen LogP contribution in [0.2, 0.25) is 0 Å². The molecule has 1 heterocycles. The number of unbranched alkanes of at least 4 members (excludes halogenated alkanes) is 18. The fraction of sp³-hybridized carbons (Fsp3) is 0.852. The van der Waals surface area contributed by atoms with E-state index in [1.54, 1.807) is 0 Å². The van der Waals surface area contributed by atoms with Crippen molar-refractivity contribution in [2.45, 2.75) is 256 Å². The van der Waals surface area contributed by atoms with E-state index in [2.05, 4.69) is 74.4 Å². The van der Waals surface area contributed by atoms with Gasteiger partial charge in [0.1, 0.15) is 0 Å². The van der Waals surface area contributed by atoms with Gasteiger partial charge < -0.3 is 24.6 Å². The molecule has 2 N–H and O–H groups in total. The zero-order chi connectivity index (χ0) is 42.1. The Morgan fingerprint density at radius 2 is 0.949 bits per heavy atom. The number of rotatable bonds is 36. The van der Waals surface area contributed by atoms with Crippen molar-refractivity contribution in [2.24, 2.45) is 11.3 Å². The Balaban J connectivity index is 1.40. The molecule has 2 saturated carbocycles. The van der Waals surface area contributed by atoms with Gasteiger partial charge in [-0.05, 0) is 134 Å². The van der Waals surface area contributed by atoms with Crippen LogP contribution in [-0.4, -0.2) is 66.0 Å². The van der Waals surface area contributed by atoms with Crippen molar-refractivity contribution in [3.8, 4) is 0 Å². The molecule has 1 spiro atoms. The van der Waals surface area contributed by atoms with E-state index in [4.69, 9.17) is 9.47 Å². The summed E-state index contributed by atoms with van der Waals surface area (Å²) >= 11 is 0. The standard InChI is InChI=1S/C54H97NO4/c1-4-6-8-10-12-14-16-18-20-22-24-26-28-30-32-34-38-53(39-35-33-31-29-27-25-23-21-19-17-15-13-11-9-7-5-2)40-42-54(43-41-53)58-51-47-49(37-36-45-56)50(48-52(51)59-54)55(3)44-46-57/h12-15,18-21,49-52,56-57H,4-11,16-17,22-48H2,1-3H3/b14-12-,15-13-,20-18-,21-19-/t49-,50+,51-,52-/m0/s1. The van der Waals surface area contributed by atoms with Crippen LogP contribution in [0, 0.1) is 11.3 Å². The van der Waals surface area contributed by atoms with E-state index in [0.29, 0.717) is 23.9 Å². The number of hydrogen-bond acceptors (Lipinski definition) is 5. The SMILES string of the molecule is CCCCC/C=C\C/C=C\CCCCCCCCC1(CCCCCCCC/C=C\C/C=C\CCCCC)CCC2(CC1)O[C@H]1C[C@H](CCCO)[C@H](N(C)CCO)C[C@@H]1O2. The van der Waals surface area contributed by atoms with Gasteiger partial charge in [-0.15, -0.1) is 0 Å². The highest BCUT2D eigenvalue weighted by Gasteiger charge is 2.54. The van der Waals surface area contributed by atoms with Gasteiger partial charge in [0, 0.05) is 32.0 Å². The van der Waals surface area contributed by atoms with Gasteiger partial charge in [-0.2, -0.15) is 0 Å². The van der Waals surface area contributed by atoms with Crippen LogP contribution in [0.1, 0.15) is 232 Å². The molecule has 3 fully saturated rings. The normalized spacial score (nSPS) is 23.0. The highest BCUT2D eigenvalue weighted by Crippen LogP contribution is 2.54. The first-order chi connectivity index (χ1) is 29.0. The molecule has 0 aromatic carbocycles. The Kier molecular flexibility index (Phi) is 29.4. The maximum absolute atomic E-state index is 9.70. The monoisotopic (exact) mass is 824 g/mol. The number of fused-ring (bicyclic) bond motifs is 1. The van der Waals surface area contributed by atoms with Crippen molar-refractivity contribution in [2.75, 3.05) is 26.8 Å². The molecular formula is C54H97NO4. The van der Waals surface area contributed by atoms with Crippen LogP contribution in [0.25, 0.3) is 0 Å². The molecule has 0 bridgehead atoms. The van der Waals surface area contributed by atoms with Crippen LogP contribution in [0.15, 0.2) is 48.6 Å². The Morgan fingerprint density at radius 3 is 1.41 bits per heavy atom. The number of ether oxygens (including phenoxy) is 2. The zero-order valence-corrected chi connectivity index (χ0v) is 39.2. The van der Waals surface area contributed by atoms with Crippen molar-refractivity contribution in [1.82, 2.24) is 4.90 Å². The van der Waals surface area contributed by atoms with E-state index in [1.165, 1.54) is 167 Å². The second-order valence-corrected chi connectivity index (χ2v) is 19.3. The average molecular weight is 824 g/mol. The molecule has 0 amide bonds. The largest absolute Gasteiger partial charge is 0.396 e. The Bertz CT molecular complexity index is 1060. The molecule has 59 heavy (non-hydrogen) atoms. The quantitative estimate of drug-likeness (QED) is 0.0487. The third-order valence-electron chi connectivity index (χ3n) is 14.3. The molecule has 0 aromatic heterocycles. The molecule has 1 aliphatic heterocycles. The van der Waals surface area contributed by atoms with Crippen molar-refractivity contribution in [1.29, 1.82) is 0 Å². The summed E-state index contributed by atoms with van der Waals surface area (Å²) in [4.78, 5) is 2.33. The van der Waals surface area contributed by atoms with E-state index >= 15 is 0 Å². The van der Waals surface area contributed by atoms with E-state index in [0.717, 1.165) is 51.4 Å². The second kappa shape index (κ2) is 33.3. The number of nitrogens with zero attached hydrogens (tertiary/aromatic N) is 1. The second-order valence-electron chi connectivity index (χ2n) is 19.3. The first-order valence-corrected chi connectivity index (χ1v) is 25.9. The minimum Gasteiger partial charge on any atom is -0.396 e. The molecule has 2 aliphatic carbocycles. The van der Waals surface area contributed by atoms with Gasteiger partial charge in [-0.25, -0.2) is 0 Å². The lowest BCUT2D eigenvalue weighted by Gasteiger charge is -2.44. The number of hydrogen-bond donors (Lipinski definition) is 2. The van der Waals surface area contributed by atoms with E-state index in [1.807, 2.05) is 0 Å². The summed E-state index contributed by atoms with van der Waals surface area (Å²) in [5, 5.41) is 19.3. The summed E-state index contributed by atoms with van der Waals surface area (Å²) in [6.07, 6.45) is 62.0. The highest BCUT2D eigenvalue weighted by atomic mass is 16.8.